The number of hydrogen-bond donors (Lipinski definition) is 2. The van der Waals surface area contributed by atoms with Crippen LogP contribution in [0.3, 0.4) is 0 Å². The van der Waals surface area contributed by atoms with Gasteiger partial charge < -0.3 is 15.6 Å². The van der Waals surface area contributed by atoms with Gasteiger partial charge in [0.15, 0.2) is 17.1 Å². The molecule has 0 amide bonds. The number of nitrogens with two attached hydrogens (primary N) is 1. The molecule has 0 aliphatic heterocycles. The summed E-state index contributed by atoms with van der Waals surface area (Å²) in [6.07, 6.45) is 6.62. The van der Waals surface area contributed by atoms with Gasteiger partial charge in [0.25, 0.3) is 0 Å². The van der Waals surface area contributed by atoms with E-state index in [9.17, 15) is 4.79 Å². The zero-order chi connectivity index (χ0) is 27.5. The van der Waals surface area contributed by atoms with Crippen LogP contribution in [0, 0.1) is 6.57 Å². The predicted octanol–water partition coefficient (Wildman–Crippen LogP) is 3.86. The molecule has 5 rings (SSSR count). The van der Waals surface area contributed by atoms with Crippen molar-refractivity contribution < 1.29 is 14.6 Å². The number of aliphatic hydroxyl groups excluding tert-OH is 1. The Labute approximate surface area is 226 Å². The fourth-order valence-electron chi connectivity index (χ4n) is 3.96. The molecule has 1 unspecified atom stereocenters. The molecule has 0 radical (unpaired) electrons. The number of rotatable bonds is 6. The summed E-state index contributed by atoms with van der Waals surface area (Å²) in [4.78, 5) is 28.6. The second-order valence-electron chi connectivity index (χ2n) is 8.35. The van der Waals surface area contributed by atoms with Gasteiger partial charge in [0.2, 0.25) is 5.28 Å². The summed E-state index contributed by atoms with van der Waals surface area (Å²) in [5, 5.41) is 13.2. The van der Waals surface area contributed by atoms with E-state index in [1.165, 1.54) is 0 Å². The van der Waals surface area contributed by atoms with Crippen molar-refractivity contribution in [1.29, 1.82) is 0 Å². The Kier molecular flexibility index (Phi) is 10.8. The Hall–Kier alpha value is -3.75. The van der Waals surface area contributed by atoms with Gasteiger partial charge in [0, 0.05) is 45.2 Å². The van der Waals surface area contributed by atoms with Crippen LogP contribution >= 0.6 is 11.6 Å². The number of ketones is 1. The third-order valence-corrected chi connectivity index (χ3v) is 5.86. The molecule has 11 heteroatoms. The van der Waals surface area contributed by atoms with Gasteiger partial charge in [0.05, 0.1) is 36.8 Å². The van der Waals surface area contributed by atoms with Crippen LogP contribution in [0.1, 0.15) is 41.6 Å². The first-order valence-corrected chi connectivity index (χ1v) is 12.5. The van der Waals surface area contributed by atoms with Crippen molar-refractivity contribution in [2.75, 3.05) is 20.3 Å². The van der Waals surface area contributed by atoms with Crippen LogP contribution in [0.25, 0.3) is 15.9 Å². The average Bonchev–Trinajstić information content (AvgIpc) is 3.49. The number of nitrogens with zero attached hydrogens (tertiary/aromatic N) is 6. The number of hydrogen-bond acceptors (Lipinski definition) is 8. The predicted molar refractivity (Wildman–Crippen MR) is 145 cm³/mol. The van der Waals surface area contributed by atoms with Crippen molar-refractivity contribution in [2.45, 2.75) is 38.8 Å². The molecule has 0 saturated heterocycles. The van der Waals surface area contributed by atoms with E-state index in [0.717, 1.165) is 35.0 Å². The molecule has 0 saturated carbocycles. The number of aryl methyl sites for hydroxylation is 1. The second kappa shape index (κ2) is 14.3. The summed E-state index contributed by atoms with van der Waals surface area (Å²) in [7, 11) is 1.55. The van der Waals surface area contributed by atoms with Crippen LogP contribution in [-0.4, -0.2) is 55.9 Å². The van der Waals surface area contributed by atoms with Gasteiger partial charge in [-0.3, -0.25) is 14.5 Å². The minimum absolute atomic E-state index is 0.0523. The Morgan fingerprint density at radius 2 is 2.03 bits per heavy atom. The van der Waals surface area contributed by atoms with Crippen molar-refractivity contribution in [2.24, 2.45) is 5.73 Å². The molecule has 1 atom stereocenters. The minimum Gasteiger partial charge on any atom is -0.394 e. The minimum atomic E-state index is -0.529. The molecular weight excluding hydrogens is 506 g/mol. The largest absolute Gasteiger partial charge is 0.394 e. The second-order valence-corrected chi connectivity index (χ2v) is 8.69. The SMILES string of the molecule is COCCO.NCc1ccncc1.[C-]#[N+]c1ccc2c(c1)C(c1nc(Cl)nc3nn(CCC)cc13)C(=O)C2. The number of aliphatic hydroxyl groups is 1. The number of aromatic nitrogens is 5. The summed E-state index contributed by atoms with van der Waals surface area (Å²) in [5.41, 5.74) is 9.79. The normalized spacial score (nSPS) is 13.7. The maximum atomic E-state index is 12.7. The van der Waals surface area contributed by atoms with Crippen LogP contribution in [0.4, 0.5) is 5.69 Å². The van der Waals surface area contributed by atoms with Crippen LogP contribution in [0.15, 0.2) is 48.9 Å². The van der Waals surface area contributed by atoms with E-state index in [0.29, 0.717) is 36.6 Å². The first-order valence-electron chi connectivity index (χ1n) is 12.1. The number of carbonyl (C=O) groups excluding carboxylic acids is 1. The Bertz CT molecular complexity index is 1400. The third-order valence-electron chi connectivity index (χ3n) is 5.69. The summed E-state index contributed by atoms with van der Waals surface area (Å²) in [5.74, 6) is -0.476. The number of methoxy groups -OCH3 is 1. The fourth-order valence-corrected chi connectivity index (χ4v) is 4.14. The van der Waals surface area contributed by atoms with Gasteiger partial charge in [0.1, 0.15) is 0 Å². The first kappa shape index (κ1) is 28.8. The van der Waals surface area contributed by atoms with Crippen LogP contribution in [0.2, 0.25) is 5.28 Å². The number of ether oxygens (including phenoxy) is 1. The van der Waals surface area contributed by atoms with E-state index in [-0.39, 0.29) is 17.7 Å². The molecule has 0 spiro atoms. The number of carbonyl (C=O) groups is 1. The summed E-state index contributed by atoms with van der Waals surface area (Å²) >= 11 is 6.09. The van der Waals surface area contributed by atoms with E-state index in [2.05, 4.69) is 36.6 Å². The van der Waals surface area contributed by atoms with Gasteiger partial charge in [-0.05, 0) is 46.8 Å². The highest BCUT2D eigenvalue weighted by Gasteiger charge is 2.35. The molecular formula is C27H30ClN7O3. The third kappa shape index (κ3) is 7.18. The van der Waals surface area contributed by atoms with E-state index < -0.39 is 5.92 Å². The average molecular weight is 536 g/mol. The number of halogens is 1. The summed E-state index contributed by atoms with van der Waals surface area (Å²) in [6, 6.07) is 9.17. The molecule has 0 bridgehead atoms. The lowest BCUT2D eigenvalue weighted by Gasteiger charge is -2.11. The van der Waals surface area contributed by atoms with Crippen molar-refractivity contribution in [3.05, 3.63) is 88.0 Å². The molecule has 1 aliphatic carbocycles. The van der Waals surface area contributed by atoms with Crippen LogP contribution in [-0.2, 0) is 29.0 Å². The Morgan fingerprint density at radius 3 is 2.61 bits per heavy atom. The number of pyridine rings is 1. The quantitative estimate of drug-likeness (QED) is 0.281. The smallest absolute Gasteiger partial charge is 0.224 e. The number of benzene rings is 1. The lowest BCUT2D eigenvalue weighted by molar-refractivity contribution is -0.118. The van der Waals surface area contributed by atoms with Crippen molar-refractivity contribution in [3.8, 4) is 0 Å². The molecule has 198 valence electrons. The van der Waals surface area contributed by atoms with Crippen LogP contribution in [0.5, 0.6) is 0 Å². The lowest BCUT2D eigenvalue weighted by Crippen LogP contribution is -2.11. The topological polar surface area (TPSA) is 133 Å². The van der Waals surface area contributed by atoms with Crippen molar-refractivity contribution in [1.82, 2.24) is 24.7 Å². The van der Waals surface area contributed by atoms with Gasteiger partial charge in [-0.25, -0.2) is 9.83 Å². The molecule has 4 aromatic rings. The standard InChI is InChI=1S/C18H14ClN5O.C6H8N2.C3H8O2/c1-3-6-24-9-13-16(21-18(19)22-17(13)23-24)15-12-8-11(20-2)5-4-10(12)7-14(15)25;7-5-6-1-3-8-4-2-6;1-5-3-2-4/h4-5,8-9,15H,3,6-7H2,1H3;1-4H,5,7H2;4H,2-3H2,1H3. The zero-order valence-corrected chi connectivity index (χ0v) is 22.1. The lowest BCUT2D eigenvalue weighted by atomic mass is 9.95. The van der Waals surface area contributed by atoms with Gasteiger partial charge in [-0.15, -0.1) is 0 Å². The molecule has 3 N–H and O–H groups in total. The molecule has 0 fully saturated rings. The van der Waals surface area contributed by atoms with Crippen molar-refractivity contribution >= 4 is 34.1 Å². The number of fused-ring (bicyclic) bond motifs is 2. The van der Waals surface area contributed by atoms with E-state index in [1.54, 1.807) is 36.3 Å². The Balaban J connectivity index is 0.000000254. The molecule has 1 aliphatic rings. The Morgan fingerprint density at radius 1 is 1.26 bits per heavy atom. The van der Waals surface area contributed by atoms with Crippen LogP contribution < -0.4 is 5.73 Å². The highest BCUT2D eigenvalue weighted by molar-refractivity contribution is 6.28. The monoisotopic (exact) mass is 535 g/mol. The molecule has 1 aromatic carbocycles. The summed E-state index contributed by atoms with van der Waals surface area (Å²) < 4.78 is 6.24. The number of Topliss-reactive ketones (excluding diaryl/α,β-unsaturated/α-hetero) is 1. The highest BCUT2D eigenvalue weighted by Crippen LogP contribution is 2.39. The van der Waals surface area contributed by atoms with E-state index in [4.69, 9.17) is 29.0 Å². The van der Waals surface area contributed by atoms with Gasteiger partial charge >= 0.3 is 0 Å². The molecule has 38 heavy (non-hydrogen) atoms. The summed E-state index contributed by atoms with van der Waals surface area (Å²) in [6.45, 7) is 11.2. The van der Waals surface area contributed by atoms with E-state index >= 15 is 0 Å². The van der Waals surface area contributed by atoms with E-state index in [1.807, 2.05) is 24.4 Å². The molecule has 10 nitrogen and oxygen atoms in total. The maximum Gasteiger partial charge on any atom is 0.224 e. The zero-order valence-electron chi connectivity index (χ0n) is 21.3. The van der Waals surface area contributed by atoms with Gasteiger partial charge in [-0.1, -0.05) is 25.1 Å². The first-order chi connectivity index (χ1) is 18.4. The van der Waals surface area contributed by atoms with Gasteiger partial charge in [-0.2, -0.15) is 10.1 Å². The molecule has 3 heterocycles. The maximum absolute atomic E-state index is 12.7. The highest BCUT2D eigenvalue weighted by atomic mass is 35.5. The fraction of sp³-hybridized carbons (Fsp3) is 0.333. The molecule has 3 aromatic heterocycles. The van der Waals surface area contributed by atoms with Crippen molar-refractivity contribution in [3.63, 3.8) is 0 Å².